The van der Waals surface area contributed by atoms with Crippen molar-refractivity contribution in [1.29, 1.82) is 5.26 Å². The van der Waals surface area contributed by atoms with E-state index in [1.165, 1.54) is 18.5 Å². The van der Waals surface area contributed by atoms with Crippen molar-refractivity contribution in [2.45, 2.75) is 12.2 Å². The summed E-state index contributed by atoms with van der Waals surface area (Å²) >= 11 is 0. The predicted octanol–water partition coefficient (Wildman–Crippen LogP) is 4.23. The fourth-order valence-electron chi connectivity index (χ4n) is 2.28. The molecule has 0 radical (unpaired) electrons. The molecule has 1 unspecified atom stereocenters. The number of hydrogen-bond acceptors (Lipinski definition) is 5. The van der Waals surface area contributed by atoms with Crippen molar-refractivity contribution in [2.24, 2.45) is 0 Å². The van der Waals surface area contributed by atoms with E-state index >= 15 is 0 Å². The Morgan fingerprint density at radius 3 is 2.54 bits per heavy atom. The lowest BCUT2D eigenvalue weighted by molar-refractivity contribution is -0.137. The molecule has 1 aromatic carbocycles. The van der Waals surface area contributed by atoms with Gasteiger partial charge in [-0.05, 0) is 17.7 Å². The first-order valence-corrected chi connectivity index (χ1v) is 7.54. The number of rotatable bonds is 4. The van der Waals surface area contributed by atoms with E-state index in [0.29, 0.717) is 5.82 Å². The second kappa shape index (κ2) is 7.19. The minimum absolute atomic E-state index is 0.0818. The van der Waals surface area contributed by atoms with E-state index in [-0.39, 0.29) is 11.4 Å². The summed E-state index contributed by atoms with van der Waals surface area (Å²) < 4.78 is 38.5. The molecule has 1 N–H and O–H groups in total. The van der Waals surface area contributed by atoms with Crippen LogP contribution < -0.4 is 5.32 Å². The number of aromatic nitrogens is 3. The maximum atomic E-state index is 12.8. The first kappa shape index (κ1) is 17.4. The number of nitrogens with one attached hydrogen (secondary N) is 1. The van der Waals surface area contributed by atoms with E-state index in [1.54, 1.807) is 24.3 Å². The van der Waals surface area contributed by atoms with Crippen molar-refractivity contribution < 1.29 is 13.2 Å². The van der Waals surface area contributed by atoms with Crippen LogP contribution in [-0.2, 0) is 6.18 Å². The molecule has 2 aromatic heterocycles. The van der Waals surface area contributed by atoms with Gasteiger partial charge in [-0.25, -0.2) is 9.97 Å². The molecular formula is C18H12F3N5. The third-order valence-corrected chi connectivity index (χ3v) is 3.53. The fraction of sp³-hybridized carbons (Fsp3) is 0.111. The topological polar surface area (TPSA) is 74.5 Å². The Hall–Kier alpha value is -3.47. The lowest BCUT2D eigenvalue weighted by atomic mass is 10.1. The second-order valence-corrected chi connectivity index (χ2v) is 5.34. The van der Waals surface area contributed by atoms with E-state index < -0.39 is 17.8 Å². The Bertz CT molecular complexity index is 935. The van der Waals surface area contributed by atoms with E-state index in [4.69, 9.17) is 0 Å². The number of nitriles is 1. The van der Waals surface area contributed by atoms with Gasteiger partial charge in [0.25, 0.3) is 0 Å². The zero-order valence-corrected chi connectivity index (χ0v) is 13.3. The van der Waals surface area contributed by atoms with Gasteiger partial charge in [-0.15, -0.1) is 0 Å². The molecule has 0 saturated carbocycles. The van der Waals surface area contributed by atoms with E-state index in [1.807, 2.05) is 6.07 Å². The monoisotopic (exact) mass is 355 g/mol. The summed E-state index contributed by atoms with van der Waals surface area (Å²) in [5, 5.41) is 12.3. The van der Waals surface area contributed by atoms with Gasteiger partial charge in [-0.2, -0.15) is 18.4 Å². The van der Waals surface area contributed by atoms with Gasteiger partial charge >= 0.3 is 6.18 Å². The molecule has 26 heavy (non-hydrogen) atoms. The van der Waals surface area contributed by atoms with Crippen LogP contribution in [0, 0.1) is 11.3 Å². The van der Waals surface area contributed by atoms with Gasteiger partial charge in [-0.1, -0.05) is 30.3 Å². The van der Waals surface area contributed by atoms with Crippen molar-refractivity contribution >= 4 is 5.82 Å². The number of benzene rings is 1. The van der Waals surface area contributed by atoms with Gasteiger partial charge in [-0.3, -0.25) is 4.98 Å². The molecule has 0 aliphatic rings. The SMILES string of the molecule is N#CC(Nc1ccnc(-c2cncc(C(F)(F)F)c2)n1)c1ccccc1. The number of alkyl halides is 3. The largest absolute Gasteiger partial charge is 0.417 e. The fourth-order valence-corrected chi connectivity index (χ4v) is 2.28. The van der Waals surface area contributed by atoms with Crippen LogP contribution in [0.1, 0.15) is 17.2 Å². The highest BCUT2D eigenvalue weighted by Gasteiger charge is 2.31. The second-order valence-electron chi connectivity index (χ2n) is 5.34. The van der Waals surface area contributed by atoms with Gasteiger partial charge in [0.2, 0.25) is 0 Å². The van der Waals surface area contributed by atoms with Crippen LogP contribution in [-0.4, -0.2) is 15.0 Å². The quantitative estimate of drug-likeness (QED) is 0.758. The van der Waals surface area contributed by atoms with Crippen LogP contribution >= 0.6 is 0 Å². The summed E-state index contributed by atoms with van der Waals surface area (Å²) in [4.78, 5) is 11.8. The number of nitrogens with zero attached hydrogens (tertiary/aromatic N) is 4. The Morgan fingerprint density at radius 2 is 1.85 bits per heavy atom. The average molecular weight is 355 g/mol. The molecule has 8 heteroatoms. The van der Waals surface area contributed by atoms with Crippen molar-refractivity contribution in [3.05, 3.63) is 72.2 Å². The third-order valence-electron chi connectivity index (χ3n) is 3.53. The van der Waals surface area contributed by atoms with Crippen molar-refractivity contribution in [3.8, 4) is 17.5 Å². The normalized spacial score (nSPS) is 12.2. The average Bonchev–Trinajstić information content (AvgIpc) is 2.66. The van der Waals surface area contributed by atoms with Gasteiger partial charge in [0.05, 0.1) is 11.6 Å². The van der Waals surface area contributed by atoms with Gasteiger partial charge in [0.1, 0.15) is 11.9 Å². The minimum atomic E-state index is -4.50. The Labute approximate surface area is 147 Å². The molecule has 5 nitrogen and oxygen atoms in total. The Balaban J connectivity index is 1.88. The zero-order chi connectivity index (χ0) is 18.6. The Kier molecular flexibility index (Phi) is 4.80. The molecule has 0 saturated heterocycles. The molecule has 3 rings (SSSR count). The lowest BCUT2D eigenvalue weighted by Crippen LogP contribution is -2.10. The first-order valence-electron chi connectivity index (χ1n) is 7.54. The molecule has 130 valence electrons. The minimum Gasteiger partial charge on any atom is -0.351 e. The number of halogens is 3. The van der Waals surface area contributed by atoms with Gasteiger partial charge in [0, 0.05) is 24.2 Å². The summed E-state index contributed by atoms with van der Waals surface area (Å²) in [7, 11) is 0. The van der Waals surface area contributed by atoms with Crippen LogP contribution in [0.5, 0.6) is 0 Å². The van der Waals surface area contributed by atoms with Gasteiger partial charge < -0.3 is 5.32 Å². The molecule has 0 aliphatic heterocycles. The van der Waals surface area contributed by atoms with Crippen LogP contribution in [0.4, 0.5) is 19.0 Å². The summed E-state index contributed by atoms with van der Waals surface area (Å²) in [6.45, 7) is 0. The van der Waals surface area contributed by atoms with Crippen molar-refractivity contribution in [2.75, 3.05) is 5.32 Å². The molecule has 0 fully saturated rings. The highest BCUT2D eigenvalue weighted by atomic mass is 19.4. The highest BCUT2D eigenvalue weighted by molar-refractivity contribution is 5.57. The molecule has 2 heterocycles. The summed E-state index contributed by atoms with van der Waals surface area (Å²) in [6, 6.07) is 13.0. The summed E-state index contributed by atoms with van der Waals surface area (Å²) in [6.07, 6.45) is -1.09. The number of pyridine rings is 1. The zero-order valence-electron chi connectivity index (χ0n) is 13.3. The summed E-state index contributed by atoms with van der Waals surface area (Å²) in [5.41, 5.74) is 0.00346. The summed E-state index contributed by atoms with van der Waals surface area (Å²) in [5.74, 6) is 0.404. The standard InChI is InChI=1S/C18H12F3N5/c19-18(20,21)14-8-13(10-23-11-14)17-24-7-6-16(26-17)25-15(9-22)12-4-2-1-3-5-12/h1-8,10-11,15H,(H,24,25,26). The van der Waals surface area contributed by atoms with Gasteiger partial charge in [0.15, 0.2) is 5.82 Å². The molecule has 1 atom stereocenters. The van der Waals surface area contributed by atoms with Crippen LogP contribution in [0.15, 0.2) is 61.1 Å². The smallest absolute Gasteiger partial charge is 0.351 e. The van der Waals surface area contributed by atoms with Crippen molar-refractivity contribution in [3.63, 3.8) is 0 Å². The Morgan fingerprint density at radius 1 is 1.08 bits per heavy atom. The maximum absolute atomic E-state index is 12.8. The van der Waals surface area contributed by atoms with E-state index in [2.05, 4.69) is 26.3 Å². The van der Waals surface area contributed by atoms with Crippen LogP contribution in [0.25, 0.3) is 11.4 Å². The van der Waals surface area contributed by atoms with E-state index in [9.17, 15) is 18.4 Å². The molecule has 0 aliphatic carbocycles. The number of hydrogen-bond donors (Lipinski definition) is 1. The lowest BCUT2D eigenvalue weighted by Gasteiger charge is -2.13. The highest BCUT2D eigenvalue weighted by Crippen LogP contribution is 2.30. The molecule has 0 spiro atoms. The molecule has 0 amide bonds. The molecule has 0 bridgehead atoms. The third kappa shape index (κ3) is 3.95. The first-order chi connectivity index (χ1) is 12.5. The predicted molar refractivity (Wildman–Crippen MR) is 88.7 cm³/mol. The molecular weight excluding hydrogens is 343 g/mol. The van der Waals surface area contributed by atoms with Crippen LogP contribution in [0.3, 0.4) is 0 Å². The number of anilines is 1. The van der Waals surface area contributed by atoms with Crippen molar-refractivity contribution in [1.82, 2.24) is 15.0 Å². The molecule has 3 aromatic rings. The maximum Gasteiger partial charge on any atom is 0.417 e. The van der Waals surface area contributed by atoms with E-state index in [0.717, 1.165) is 17.8 Å². The van der Waals surface area contributed by atoms with Crippen LogP contribution in [0.2, 0.25) is 0 Å².